The highest BCUT2D eigenvalue weighted by molar-refractivity contribution is 5.77. The maximum Gasteiger partial charge on any atom is 0.290 e. The van der Waals surface area contributed by atoms with Gasteiger partial charge in [-0.2, -0.15) is 0 Å². The molecule has 0 bridgehead atoms. The van der Waals surface area contributed by atoms with Gasteiger partial charge in [-0.1, -0.05) is 0 Å². The van der Waals surface area contributed by atoms with E-state index in [9.17, 15) is 9.59 Å². The standard InChI is InChI=1S/C16H24N4O4/c21-14(12-23-11-13-3-1-2-10-24-13)19-6-8-20(9-7-19)15-16(22)18-5-4-17-15/h4-5,13H,1-3,6-12H2,(H,18,22)/t13-/m0/s1. The summed E-state index contributed by atoms with van der Waals surface area (Å²) < 4.78 is 11.1. The molecule has 132 valence electrons. The molecule has 1 aromatic rings. The Morgan fingerprint density at radius 2 is 2.17 bits per heavy atom. The summed E-state index contributed by atoms with van der Waals surface area (Å²) in [5.74, 6) is 0.399. The monoisotopic (exact) mass is 336 g/mol. The van der Waals surface area contributed by atoms with E-state index in [4.69, 9.17) is 9.47 Å². The molecule has 8 heteroatoms. The van der Waals surface area contributed by atoms with Crippen molar-refractivity contribution in [3.8, 4) is 0 Å². The molecule has 2 fully saturated rings. The molecule has 8 nitrogen and oxygen atoms in total. The van der Waals surface area contributed by atoms with Crippen LogP contribution in [0.5, 0.6) is 0 Å². The van der Waals surface area contributed by atoms with Crippen LogP contribution in [0, 0.1) is 0 Å². The third-order valence-corrected chi connectivity index (χ3v) is 4.42. The Morgan fingerprint density at radius 1 is 1.33 bits per heavy atom. The molecule has 3 rings (SSSR count). The van der Waals surface area contributed by atoms with Crippen LogP contribution in [0.15, 0.2) is 17.2 Å². The number of piperazine rings is 1. The van der Waals surface area contributed by atoms with Crippen LogP contribution >= 0.6 is 0 Å². The first-order valence-corrected chi connectivity index (χ1v) is 8.50. The van der Waals surface area contributed by atoms with Crippen LogP contribution in [-0.2, 0) is 14.3 Å². The Morgan fingerprint density at radius 3 is 2.88 bits per heavy atom. The van der Waals surface area contributed by atoms with Gasteiger partial charge in [0, 0.05) is 45.2 Å². The maximum atomic E-state index is 12.2. The quantitative estimate of drug-likeness (QED) is 0.815. The Balaban J connectivity index is 1.40. The first kappa shape index (κ1) is 16.9. The van der Waals surface area contributed by atoms with Gasteiger partial charge in [0.05, 0.1) is 12.7 Å². The highest BCUT2D eigenvalue weighted by Crippen LogP contribution is 2.13. The summed E-state index contributed by atoms with van der Waals surface area (Å²) >= 11 is 0. The van der Waals surface area contributed by atoms with Crippen LogP contribution in [0.4, 0.5) is 5.82 Å². The number of hydrogen-bond donors (Lipinski definition) is 1. The minimum atomic E-state index is -0.201. The van der Waals surface area contributed by atoms with Gasteiger partial charge in [0.25, 0.3) is 5.56 Å². The largest absolute Gasteiger partial charge is 0.376 e. The lowest BCUT2D eigenvalue weighted by Gasteiger charge is -2.35. The molecule has 0 radical (unpaired) electrons. The summed E-state index contributed by atoms with van der Waals surface area (Å²) in [4.78, 5) is 34.4. The number of aromatic nitrogens is 2. The molecule has 0 saturated carbocycles. The predicted molar refractivity (Wildman–Crippen MR) is 88.1 cm³/mol. The average molecular weight is 336 g/mol. The van der Waals surface area contributed by atoms with Gasteiger partial charge >= 0.3 is 0 Å². The number of nitrogens with zero attached hydrogens (tertiary/aromatic N) is 3. The van der Waals surface area contributed by atoms with E-state index >= 15 is 0 Å². The van der Waals surface area contributed by atoms with E-state index in [0.717, 1.165) is 25.9 Å². The van der Waals surface area contributed by atoms with Gasteiger partial charge in [-0.3, -0.25) is 9.59 Å². The number of amides is 1. The lowest BCUT2D eigenvalue weighted by atomic mass is 10.1. The van der Waals surface area contributed by atoms with Crippen LogP contribution < -0.4 is 10.5 Å². The highest BCUT2D eigenvalue weighted by Gasteiger charge is 2.23. The minimum absolute atomic E-state index is 0.0135. The number of hydrogen-bond acceptors (Lipinski definition) is 6. The summed E-state index contributed by atoms with van der Waals surface area (Å²) in [6.07, 6.45) is 6.48. The molecule has 2 aliphatic rings. The summed E-state index contributed by atoms with van der Waals surface area (Å²) in [6.45, 7) is 3.68. The van der Waals surface area contributed by atoms with Crippen molar-refractivity contribution in [2.24, 2.45) is 0 Å². The van der Waals surface area contributed by atoms with Crippen molar-refractivity contribution < 1.29 is 14.3 Å². The van der Waals surface area contributed by atoms with Crippen molar-refractivity contribution in [1.82, 2.24) is 14.9 Å². The Labute approximate surface area is 140 Å². The molecule has 1 N–H and O–H groups in total. The molecule has 2 aliphatic heterocycles. The van der Waals surface area contributed by atoms with Crippen molar-refractivity contribution in [2.75, 3.05) is 50.9 Å². The first-order valence-electron chi connectivity index (χ1n) is 8.50. The molecule has 1 amide bonds. The minimum Gasteiger partial charge on any atom is -0.376 e. The molecule has 0 unspecified atom stereocenters. The molecule has 1 atom stereocenters. The predicted octanol–water partition coefficient (Wildman–Crippen LogP) is 0.00420. The van der Waals surface area contributed by atoms with E-state index in [1.54, 1.807) is 11.1 Å². The molecule has 0 aromatic carbocycles. The van der Waals surface area contributed by atoms with Gasteiger partial charge in [0.15, 0.2) is 5.82 Å². The average Bonchev–Trinajstić information content (AvgIpc) is 2.63. The number of H-pyrrole nitrogens is 1. The van der Waals surface area contributed by atoms with E-state index < -0.39 is 0 Å². The van der Waals surface area contributed by atoms with Crippen molar-refractivity contribution in [3.63, 3.8) is 0 Å². The van der Waals surface area contributed by atoms with E-state index in [0.29, 0.717) is 38.6 Å². The zero-order chi connectivity index (χ0) is 16.8. The lowest BCUT2D eigenvalue weighted by molar-refractivity contribution is -0.138. The number of anilines is 1. The highest BCUT2D eigenvalue weighted by atomic mass is 16.5. The zero-order valence-electron chi connectivity index (χ0n) is 13.8. The van der Waals surface area contributed by atoms with Crippen molar-refractivity contribution in [3.05, 3.63) is 22.7 Å². The van der Waals surface area contributed by atoms with E-state index in [-0.39, 0.29) is 24.2 Å². The fourth-order valence-electron chi connectivity index (χ4n) is 3.04. The molecule has 2 saturated heterocycles. The third-order valence-electron chi connectivity index (χ3n) is 4.42. The van der Waals surface area contributed by atoms with Gasteiger partial charge in [-0.15, -0.1) is 0 Å². The molecular formula is C16H24N4O4. The fourth-order valence-corrected chi connectivity index (χ4v) is 3.04. The third kappa shape index (κ3) is 4.33. The fraction of sp³-hybridized carbons (Fsp3) is 0.688. The summed E-state index contributed by atoms with van der Waals surface area (Å²) in [7, 11) is 0. The second-order valence-electron chi connectivity index (χ2n) is 6.11. The van der Waals surface area contributed by atoms with Crippen LogP contribution in [0.3, 0.4) is 0 Å². The second kappa shape index (κ2) is 8.25. The van der Waals surface area contributed by atoms with Gasteiger partial charge in [-0.05, 0) is 19.3 Å². The molecule has 0 aliphatic carbocycles. The SMILES string of the molecule is O=C(COC[C@@H]1CCCCO1)N1CCN(c2ncc[nH]c2=O)CC1. The van der Waals surface area contributed by atoms with E-state index in [2.05, 4.69) is 9.97 Å². The molecule has 0 spiro atoms. The van der Waals surface area contributed by atoms with Crippen LogP contribution in [0.2, 0.25) is 0 Å². The van der Waals surface area contributed by atoms with Crippen LogP contribution in [-0.4, -0.2) is 72.9 Å². The Kier molecular flexibility index (Phi) is 5.81. The number of nitrogens with one attached hydrogen (secondary N) is 1. The van der Waals surface area contributed by atoms with Crippen molar-refractivity contribution >= 4 is 11.7 Å². The smallest absolute Gasteiger partial charge is 0.290 e. The van der Waals surface area contributed by atoms with Crippen molar-refractivity contribution in [2.45, 2.75) is 25.4 Å². The van der Waals surface area contributed by atoms with Gasteiger partial charge in [0.2, 0.25) is 5.91 Å². The topological polar surface area (TPSA) is 87.8 Å². The summed E-state index contributed by atoms with van der Waals surface area (Å²) in [6, 6.07) is 0. The second-order valence-corrected chi connectivity index (χ2v) is 6.11. The number of rotatable bonds is 5. The first-order chi connectivity index (χ1) is 11.7. The normalized spacial score (nSPS) is 21.8. The lowest BCUT2D eigenvalue weighted by Crippen LogP contribution is -2.51. The summed E-state index contributed by atoms with van der Waals surface area (Å²) in [5.41, 5.74) is -0.201. The number of aromatic amines is 1. The zero-order valence-corrected chi connectivity index (χ0v) is 13.8. The Bertz CT molecular complexity index is 592. The summed E-state index contributed by atoms with van der Waals surface area (Å²) in [5, 5.41) is 0. The van der Waals surface area contributed by atoms with Gasteiger partial charge in [0.1, 0.15) is 6.61 Å². The molecule has 1 aromatic heterocycles. The number of carbonyl (C=O) groups excluding carboxylic acids is 1. The van der Waals surface area contributed by atoms with Crippen molar-refractivity contribution in [1.29, 1.82) is 0 Å². The van der Waals surface area contributed by atoms with Gasteiger partial charge < -0.3 is 24.3 Å². The number of ether oxygens (including phenoxy) is 2. The van der Waals surface area contributed by atoms with E-state index in [1.165, 1.54) is 6.20 Å². The molecule has 3 heterocycles. The van der Waals surface area contributed by atoms with Gasteiger partial charge in [-0.25, -0.2) is 4.98 Å². The maximum absolute atomic E-state index is 12.2. The Hall–Kier alpha value is -1.93. The van der Waals surface area contributed by atoms with Crippen LogP contribution in [0.1, 0.15) is 19.3 Å². The van der Waals surface area contributed by atoms with Crippen LogP contribution in [0.25, 0.3) is 0 Å². The molecule has 24 heavy (non-hydrogen) atoms. The number of carbonyl (C=O) groups is 1. The van der Waals surface area contributed by atoms with E-state index in [1.807, 2.05) is 4.90 Å². The molecular weight excluding hydrogens is 312 g/mol.